The van der Waals surface area contributed by atoms with Gasteiger partial charge in [0.15, 0.2) is 11.5 Å². The number of nitrogens with zero attached hydrogens (tertiary/aromatic N) is 2. The molecule has 32 heavy (non-hydrogen) atoms. The first-order chi connectivity index (χ1) is 15.5. The van der Waals surface area contributed by atoms with Crippen LogP contribution < -0.4 is 14.2 Å². The number of hydrogen-bond acceptors (Lipinski definition) is 6. The Morgan fingerprint density at radius 1 is 1.16 bits per heavy atom. The molecule has 0 saturated carbocycles. The predicted molar refractivity (Wildman–Crippen MR) is 125 cm³/mol. The van der Waals surface area contributed by atoms with E-state index < -0.39 is 0 Å². The number of amides is 1. The molecule has 6 nitrogen and oxygen atoms in total. The van der Waals surface area contributed by atoms with Crippen LogP contribution in [0.5, 0.6) is 17.2 Å². The quantitative estimate of drug-likeness (QED) is 0.442. The van der Waals surface area contributed by atoms with Crippen LogP contribution in [0.4, 0.5) is 0 Å². The zero-order chi connectivity index (χ0) is 22.7. The first-order valence-electron chi connectivity index (χ1n) is 10.4. The van der Waals surface area contributed by atoms with Crippen LogP contribution in [-0.4, -0.2) is 36.6 Å². The van der Waals surface area contributed by atoms with Crippen molar-refractivity contribution in [3.63, 3.8) is 0 Å². The van der Waals surface area contributed by atoms with Crippen molar-refractivity contribution < 1.29 is 19.0 Å². The van der Waals surface area contributed by atoms with E-state index in [1.54, 1.807) is 26.4 Å². The molecule has 0 spiro atoms. The Hall–Kier alpha value is -2.77. The lowest BCUT2D eigenvalue weighted by atomic mass is 10.0. The van der Waals surface area contributed by atoms with Crippen molar-refractivity contribution in [1.82, 2.24) is 9.88 Å². The molecule has 1 aliphatic rings. The summed E-state index contributed by atoms with van der Waals surface area (Å²) in [5, 5.41) is 1.42. The normalized spacial score (nSPS) is 15.6. The molecule has 8 heteroatoms. The number of halogens is 1. The molecule has 4 rings (SSSR count). The number of thiazole rings is 1. The molecule has 1 aliphatic heterocycles. The third-order valence-corrected chi connectivity index (χ3v) is 6.89. The number of aryl methyl sites for hydroxylation is 1. The lowest BCUT2D eigenvalue weighted by molar-refractivity contribution is 0.0739. The smallest absolute Gasteiger partial charge is 0.266 e. The minimum Gasteiger partial charge on any atom is -0.493 e. The monoisotopic (exact) mass is 472 g/mol. The van der Waals surface area contributed by atoms with E-state index in [9.17, 15) is 4.79 Å². The number of methoxy groups -OCH3 is 2. The highest BCUT2D eigenvalue weighted by molar-refractivity contribution is 7.13. The Morgan fingerprint density at radius 2 is 1.91 bits per heavy atom. The van der Waals surface area contributed by atoms with Crippen molar-refractivity contribution in [1.29, 1.82) is 0 Å². The summed E-state index contributed by atoms with van der Waals surface area (Å²) in [6, 6.07) is 13.0. The minimum absolute atomic E-state index is 0.00225. The molecule has 1 aromatic heterocycles. The number of ether oxygens (including phenoxy) is 3. The zero-order valence-electron chi connectivity index (χ0n) is 18.3. The highest BCUT2D eigenvalue weighted by atomic mass is 35.5. The van der Waals surface area contributed by atoms with Gasteiger partial charge in [0, 0.05) is 11.6 Å². The van der Waals surface area contributed by atoms with Crippen molar-refractivity contribution in [2.24, 2.45) is 0 Å². The number of hydrogen-bond donors (Lipinski definition) is 0. The van der Waals surface area contributed by atoms with E-state index in [-0.39, 0.29) is 11.9 Å². The summed E-state index contributed by atoms with van der Waals surface area (Å²) in [7, 11) is 3.23. The van der Waals surface area contributed by atoms with E-state index in [2.05, 4.69) is 4.98 Å². The second kappa shape index (κ2) is 9.79. The van der Waals surface area contributed by atoms with Crippen LogP contribution in [0, 0.1) is 6.92 Å². The Kier molecular flexibility index (Phi) is 6.86. The van der Waals surface area contributed by atoms with Gasteiger partial charge in [0.05, 0.1) is 26.0 Å². The molecule has 3 aromatic rings. The van der Waals surface area contributed by atoms with Gasteiger partial charge in [-0.3, -0.25) is 4.79 Å². The van der Waals surface area contributed by atoms with E-state index in [1.807, 2.05) is 42.2 Å². The maximum absolute atomic E-state index is 13.4. The van der Waals surface area contributed by atoms with E-state index >= 15 is 0 Å². The number of benzene rings is 2. The highest BCUT2D eigenvalue weighted by Gasteiger charge is 2.33. The topological polar surface area (TPSA) is 60.9 Å². The van der Waals surface area contributed by atoms with Crippen LogP contribution in [0.3, 0.4) is 0 Å². The summed E-state index contributed by atoms with van der Waals surface area (Å²) < 4.78 is 16.6. The van der Waals surface area contributed by atoms with Crippen molar-refractivity contribution in [3.05, 3.63) is 68.6 Å². The van der Waals surface area contributed by atoms with Crippen molar-refractivity contribution in [3.8, 4) is 17.2 Å². The lowest BCUT2D eigenvalue weighted by Gasteiger charge is -2.25. The summed E-state index contributed by atoms with van der Waals surface area (Å²) in [6.45, 7) is 2.89. The van der Waals surface area contributed by atoms with Gasteiger partial charge in [-0.05, 0) is 61.7 Å². The Balaban J connectivity index is 1.50. The molecule has 1 atom stereocenters. The minimum atomic E-state index is -0.00225. The molecule has 1 amide bonds. The molecule has 0 bridgehead atoms. The van der Waals surface area contributed by atoms with Crippen LogP contribution in [0.2, 0.25) is 5.02 Å². The van der Waals surface area contributed by atoms with Gasteiger partial charge in [-0.2, -0.15) is 0 Å². The van der Waals surface area contributed by atoms with Gasteiger partial charge in [-0.25, -0.2) is 4.98 Å². The Morgan fingerprint density at radius 3 is 2.62 bits per heavy atom. The standard InChI is InChI=1S/C24H25ClN2O4S/c1-15-23(32-22(26-15)14-31-18-9-7-17(25)8-10-18)24(28)27-12-4-5-19(27)16-6-11-20(29-2)21(13-16)30-3/h6-11,13,19H,4-5,12,14H2,1-3H3. The average molecular weight is 473 g/mol. The summed E-state index contributed by atoms with van der Waals surface area (Å²) in [6.07, 6.45) is 1.86. The third kappa shape index (κ3) is 4.69. The van der Waals surface area contributed by atoms with E-state index in [4.69, 9.17) is 25.8 Å². The van der Waals surface area contributed by atoms with Crippen molar-refractivity contribution in [2.75, 3.05) is 20.8 Å². The summed E-state index contributed by atoms with van der Waals surface area (Å²) >= 11 is 7.31. The molecular formula is C24H25ClN2O4S. The molecule has 168 valence electrons. The van der Waals surface area contributed by atoms with E-state index in [1.165, 1.54) is 11.3 Å². The summed E-state index contributed by atoms with van der Waals surface area (Å²) in [4.78, 5) is 20.6. The van der Waals surface area contributed by atoms with Crippen molar-refractivity contribution in [2.45, 2.75) is 32.4 Å². The molecule has 0 aliphatic carbocycles. The van der Waals surface area contributed by atoms with Gasteiger partial charge in [0.25, 0.3) is 5.91 Å². The maximum atomic E-state index is 13.4. The van der Waals surface area contributed by atoms with E-state index in [0.29, 0.717) is 40.3 Å². The van der Waals surface area contributed by atoms with E-state index in [0.717, 1.165) is 29.1 Å². The van der Waals surface area contributed by atoms with Gasteiger partial charge < -0.3 is 19.1 Å². The molecule has 0 radical (unpaired) electrons. The number of carbonyl (C=O) groups is 1. The molecule has 2 heterocycles. The summed E-state index contributed by atoms with van der Waals surface area (Å²) in [5.74, 6) is 2.06. The van der Waals surface area contributed by atoms with Gasteiger partial charge in [0.1, 0.15) is 22.2 Å². The molecule has 1 unspecified atom stereocenters. The Bertz CT molecular complexity index is 1100. The molecule has 1 saturated heterocycles. The van der Waals surface area contributed by atoms with Gasteiger partial charge in [-0.15, -0.1) is 11.3 Å². The average Bonchev–Trinajstić information content (AvgIpc) is 3.44. The van der Waals surface area contributed by atoms with Crippen molar-refractivity contribution >= 4 is 28.8 Å². The largest absolute Gasteiger partial charge is 0.493 e. The first-order valence-corrected chi connectivity index (χ1v) is 11.6. The SMILES string of the molecule is COc1ccc(C2CCCN2C(=O)c2sc(COc3ccc(Cl)cc3)nc2C)cc1OC. The lowest BCUT2D eigenvalue weighted by Crippen LogP contribution is -2.30. The van der Waals surface area contributed by atoms with Crippen LogP contribution in [0.25, 0.3) is 0 Å². The number of rotatable bonds is 7. The first kappa shape index (κ1) is 22.4. The third-order valence-electron chi connectivity index (χ3n) is 5.52. The highest BCUT2D eigenvalue weighted by Crippen LogP contribution is 2.38. The molecule has 2 aromatic carbocycles. The zero-order valence-corrected chi connectivity index (χ0v) is 19.8. The molecule has 1 fully saturated rings. The maximum Gasteiger partial charge on any atom is 0.266 e. The second-order valence-electron chi connectivity index (χ2n) is 7.54. The number of likely N-dealkylation sites (tertiary alicyclic amines) is 1. The molecule has 0 N–H and O–H groups in total. The van der Waals surface area contributed by atoms with Gasteiger partial charge in [0.2, 0.25) is 0 Å². The van der Waals surface area contributed by atoms with Crippen LogP contribution in [-0.2, 0) is 6.61 Å². The second-order valence-corrected chi connectivity index (χ2v) is 9.06. The predicted octanol–water partition coefficient (Wildman–Crippen LogP) is 5.68. The fourth-order valence-corrected chi connectivity index (χ4v) is 5.00. The van der Waals surface area contributed by atoms with Crippen LogP contribution in [0.1, 0.15) is 44.8 Å². The van der Waals surface area contributed by atoms with Gasteiger partial charge in [-0.1, -0.05) is 17.7 Å². The fraction of sp³-hybridized carbons (Fsp3) is 0.333. The van der Waals surface area contributed by atoms with Crippen LogP contribution >= 0.6 is 22.9 Å². The number of aromatic nitrogens is 1. The fourth-order valence-electron chi connectivity index (χ4n) is 3.94. The summed E-state index contributed by atoms with van der Waals surface area (Å²) in [5.41, 5.74) is 1.77. The Labute approximate surface area is 196 Å². The molecular weight excluding hydrogens is 448 g/mol. The van der Waals surface area contributed by atoms with Crippen LogP contribution in [0.15, 0.2) is 42.5 Å². The number of carbonyl (C=O) groups excluding carboxylic acids is 1. The van der Waals surface area contributed by atoms with Gasteiger partial charge >= 0.3 is 0 Å².